The number of carbonyl (C=O) groups excluding carboxylic acids is 1. The smallest absolute Gasteiger partial charge is 0.323 e. The summed E-state index contributed by atoms with van der Waals surface area (Å²) < 4.78 is 5.24. The van der Waals surface area contributed by atoms with Crippen LogP contribution in [0.2, 0.25) is 0 Å². The molecule has 0 bridgehead atoms. The van der Waals surface area contributed by atoms with Gasteiger partial charge in [0.15, 0.2) is 0 Å². The summed E-state index contributed by atoms with van der Waals surface area (Å²) in [5.41, 5.74) is 0. The highest BCUT2D eigenvalue weighted by molar-refractivity contribution is 5.75. The van der Waals surface area contributed by atoms with Gasteiger partial charge in [-0.2, -0.15) is 0 Å². The molecule has 1 aliphatic heterocycles. The van der Waals surface area contributed by atoms with Crippen LogP contribution in [0.1, 0.15) is 59.8 Å². The Morgan fingerprint density at radius 3 is 2.58 bits per heavy atom. The van der Waals surface area contributed by atoms with Gasteiger partial charge >= 0.3 is 5.97 Å². The fourth-order valence-corrected chi connectivity index (χ4v) is 3.08. The molecule has 2 unspecified atom stereocenters. The molecule has 3 heteroatoms. The highest BCUT2D eigenvalue weighted by Gasteiger charge is 2.29. The summed E-state index contributed by atoms with van der Waals surface area (Å²) in [5, 5.41) is 0. The lowest BCUT2D eigenvalue weighted by Gasteiger charge is -2.29. The molecule has 0 aromatic carbocycles. The molecule has 0 saturated carbocycles. The van der Waals surface area contributed by atoms with E-state index in [1.54, 1.807) is 0 Å². The van der Waals surface area contributed by atoms with Crippen LogP contribution in [0, 0.1) is 11.8 Å². The van der Waals surface area contributed by atoms with Crippen molar-refractivity contribution in [1.29, 1.82) is 0 Å². The van der Waals surface area contributed by atoms with Crippen LogP contribution in [0.25, 0.3) is 0 Å². The number of hydrogen-bond donors (Lipinski definition) is 0. The van der Waals surface area contributed by atoms with E-state index in [9.17, 15) is 4.79 Å². The molecular weight excluding hydrogens is 238 g/mol. The van der Waals surface area contributed by atoms with Gasteiger partial charge < -0.3 is 4.74 Å². The van der Waals surface area contributed by atoms with Crippen molar-refractivity contribution in [1.82, 2.24) is 4.90 Å². The monoisotopic (exact) mass is 269 g/mol. The van der Waals surface area contributed by atoms with E-state index in [2.05, 4.69) is 25.7 Å². The first-order valence-electron chi connectivity index (χ1n) is 8.00. The number of ether oxygens (including phenoxy) is 1. The maximum atomic E-state index is 12.1. The highest BCUT2D eigenvalue weighted by atomic mass is 16.5. The minimum Gasteiger partial charge on any atom is -0.465 e. The van der Waals surface area contributed by atoms with E-state index in [0.717, 1.165) is 37.8 Å². The Kier molecular flexibility index (Phi) is 7.44. The van der Waals surface area contributed by atoms with Crippen molar-refractivity contribution in [3.8, 4) is 0 Å². The maximum absolute atomic E-state index is 12.1. The lowest BCUT2D eigenvalue weighted by molar-refractivity contribution is -0.149. The van der Waals surface area contributed by atoms with Gasteiger partial charge in [-0.3, -0.25) is 9.69 Å². The van der Waals surface area contributed by atoms with Crippen LogP contribution >= 0.6 is 0 Å². The van der Waals surface area contributed by atoms with Crippen LogP contribution < -0.4 is 0 Å². The van der Waals surface area contributed by atoms with E-state index in [-0.39, 0.29) is 12.0 Å². The van der Waals surface area contributed by atoms with Gasteiger partial charge in [-0.1, -0.05) is 27.2 Å². The van der Waals surface area contributed by atoms with Gasteiger partial charge in [0.25, 0.3) is 0 Å². The number of rotatable bonds is 6. The normalized spacial score (nSPS) is 23.1. The summed E-state index contributed by atoms with van der Waals surface area (Å²) in [4.78, 5) is 14.5. The lowest BCUT2D eigenvalue weighted by atomic mass is 9.89. The third-order valence-electron chi connectivity index (χ3n) is 4.31. The molecule has 0 radical (unpaired) electrons. The Bertz CT molecular complexity index is 265. The summed E-state index contributed by atoms with van der Waals surface area (Å²) in [6.45, 7) is 11.2. The molecule has 1 heterocycles. The standard InChI is InChI=1S/C16H31NO2/c1-5-8-15(16(18)19-6-2)17-11-7-9-14(10-12-17)13(3)4/h13-15H,5-12H2,1-4H3. The van der Waals surface area contributed by atoms with Gasteiger partial charge in [-0.05, 0) is 57.5 Å². The Hall–Kier alpha value is -0.570. The van der Waals surface area contributed by atoms with Crippen LogP contribution in [0.15, 0.2) is 0 Å². The van der Waals surface area contributed by atoms with E-state index in [1.165, 1.54) is 19.3 Å². The molecule has 1 saturated heterocycles. The average molecular weight is 269 g/mol. The minimum absolute atomic E-state index is 0.0177. The molecular formula is C16H31NO2. The average Bonchev–Trinajstić information content (AvgIpc) is 2.61. The second-order valence-electron chi connectivity index (χ2n) is 6.03. The van der Waals surface area contributed by atoms with Gasteiger partial charge in [0.05, 0.1) is 6.61 Å². The van der Waals surface area contributed by atoms with Crippen LogP contribution in [0.4, 0.5) is 0 Å². The van der Waals surface area contributed by atoms with Gasteiger partial charge in [0, 0.05) is 0 Å². The molecule has 1 fully saturated rings. The van der Waals surface area contributed by atoms with E-state index in [0.29, 0.717) is 6.61 Å². The third-order valence-corrected chi connectivity index (χ3v) is 4.31. The van der Waals surface area contributed by atoms with Crippen LogP contribution in [0.3, 0.4) is 0 Å². The molecule has 0 spiro atoms. The SMILES string of the molecule is CCCC(C(=O)OCC)N1CCCC(C(C)C)CC1. The summed E-state index contributed by atoms with van der Waals surface area (Å²) in [6, 6.07) is -0.0177. The third kappa shape index (κ3) is 5.13. The molecule has 112 valence electrons. The molecule has 3 nitrogen and oxygen atoms in total. The number of esters is 1. The van der Waals surface area contributed by atoms with Crippen molar-refractivity contribution in [2.24, 2.45) is 11.8 Å². The molecule has 0 N–H and O–H groups in total. The predicted octanol–water partition coefficient (Wildman–Crippen LogP) is 3.48. The van der Waals surface area contributed by atoms with E-state index in [1.807, 2.05) is 6.92 Å². The molecule has 2 atom stereocenters. The zero-order valence-corrected chi connectivity index (χ0v) is 13.2. The van der Waals surface area contributed by atoms with Gasteiger partial charge in [0.1, 0.15) is 6.04 Å². The Morgan fingerprint density at radius 1 is 1.26 bits per heavy atom. The first-order valence-corrected chi connectivity index (χ1v) is 8.00. The van der Waals surface area contributed by atoms with E-state index >= 15 is 0 Å². The van der Waals surface area contributed by atoms with Crippen molar-refractivity contribution in [2.75, 3.05) is 19.7 Å². The van der Waals surface area contributed by atoms with Gasteiger partial charge in [-0.15, -0.1) is 0 Å². The van der Waals surface area contributed by atoms with E-state index in [4.69, 9.17) is 4.74 Å². The maximum Gasteiger partial charge on any atom is 0.323 e. The zero-order valence-electron chi connectivity index (χ0n) is 13.2. The minimum atomic E-state index is -0.0210. The second-order valence-corrected chi connectivity index (χ2v) is 6.03. The topological polar surface area (TPSA) is 29.5 Å². The predicted molar refractivity (Wildman–Crippen MR) is 79.1 cm³/mol. The molecule has 19 heavy (non-hydrogen) atoms. The van der Waals surface area contributed by atoms with Crippen molar-refractivity contribution < 1.29 is 9.53 Å². The van der Waals surface area contributed by atoms with Gasteiger partial charge in [0.2, 0.25) is 0 Å². The van der Waals surface area contributed by atoms with Crippen LogP contribution in [0.5, 0.6) is 0 Å². The summed E-state index contributed by atoms with van der Waals surface area (Å²) in [5.74, 6) is 1.55. The van der Waals surface area contributed by atoms with Crippen molar-refractivity contribution >= 4 is 5.97 Å². The number of likely N-dealkylation sites (tertiary alicyclic amines) is 1. The van der Waals surface area contributed by atoms with Crippen molar-refractivity contribution in [3.05, 3.63) is 0 Å². The molecule has 0 amide bonds. The van der Waals surface area contributed by atoms with Crippen LogP contribution in [-0.2, 0) is 9.53 Å². The van der Waals surface area contributed by atoms with Crippen molar-refractivity contribution in [3.63, 3.8) is 0 Å². The molecule has 1 rings (SSSR count). The number of hydrogen-bond acceptors (Lipinski definition) is 3. The molecule has 0 aliphatic carbocycles. The summed E-state index contributed by atoms with van der Waals surface area (Å²) in [6.07, 6.45) is 5.69. The first-order chi connectivity index (χ1) is 9.10. The molecule has 0 aromatic heterocycles. The fourth-order valence-electron chi connectivity index (χ4n) is 3.08. The Labute approximate surface area is 118 Å². The molecule has 0 aromatic rings. The number of carbonyl (C=O) groups is 1. The Balaban J connectivity index is 2.61. The summed E-state index contributed by atoms with van der Waals surface area (Å²) >= 11 is 0. The summed E-state index contributed by atoms with van der Waals surface area (Å²) in [7, 11) is 0. The largest absolute Gasteiger partial charge is 0.465 e. The fraction of sp³-hybridized carbons (Fsp3) is 0.938. The molecule has 1 aliphatic rings. The zero-order chi connectivity index (χ0) is 14.3. The Morgan fingerprint density at radius 2 is 2.00 bits per heavy atom. The van der Waals surface area contributed by atoms with Gasteiger partial charge in [-0.25, -0.2) is 0 Å². The number of nitrogens with zero attached hydrogens (tertiary/aromatic N) is 1. The highest BCUT2D eigenvalue weighted by Crippen LogP contribution is 2.26. The quantitative estimate of drug-likeness (QED) is 0.691. The second kappa shape index (κ2) is 8.57. The van der Waals surface area contributed by atoms with E-state index < -0.39 is 0 Å². The lowest BCUT2D eigenvalue weighted by Crippen LogP contribution is -2.42. The van der Waals surface area contributed by atoms with Crippen LogP contribution in [-0.4, -0.2) is 36.6 Å². The first kappa shape index (κ1) is 16.5. The van der Waals surface area contributed by atoms with Crippen molar-refractivity contribution in [2.45, 2.75) is 65.8 Å².